The van der Waals surface area contributed by atoms with Gasteiger partial charge in [-0.05, 0) is 84.6 Å². The van der Waals surface area contributed by atoms with E-state index in [0.717, 1.165) is 77.9 Å². The normalized spacial score (nSPS) is 23.6. The van der Waals surface area contributed by atoms with Crippen molar-refractivity contribution in [3.8, 4) is 0 Å². The molecule has 2 aliphatic heterocycles. The van der Waals surface area contributed by atoms with Crippen LogP contribution in [0.25, 0.3) is 5.57 Å². The second-order valence-corrected chi connectivity index (χ2v) is 10.8. The summed E-state index contributed by atoms with van der Waals surface area (Å²) in [5.74, 6) is 0.544. The Kier molecular flexibility index (Phi) is 6.79. The fourth-order valence-electron chi connectivity index (χ4n) is 5.77. The molecule has 0 radical (unpaired) electrons. The lowest BCUT2D eigenvalue weighted by atomic mass is 9.79. The molecule has 0 bridgehead atoms. The van der Waals surface area contributed by atoms with Gasteiger partial charge in [0, 0.05) is 36.0 Å². The number of aliphatic hydroxyl groups is 1. The van der Waals surface area contributed by atoms with Gasteiger partial charge in [-0.3, -0.25) is 0 Å². The first-order valence-electron chi connectivity index (χ1n) is 12.1. The number of hydrogen-bond donors (Lipinski definition) is 1. The number of halogens is 4. The van der Waals surface area contributed by atoms with Gasteiger partial charge in [-0.15, -0.1) is 0 Å². The Morgan fingerprint density at radius 2 is 1.65 bits per heavy atom. The van der Waals surface area contributed by atoms with Crippen LogP contribution in [0.15, 0.2) is 51.8 Å². The summed E-state index contributed by atoms with van der Waals surface area (Å²) in [7, 11) is 0. The number of rotatable bonds is 3. The van der Waals surface area contributed by atoms with Crippen molar-refractivity contribution in [2.75, 3.05) is 26.2 Å². The summed E-state index contributed by atoms with van der Waals surface area (Å²) < 4.78 is 54.5. The lowest BCUT2D eigenvalue weighted by molar-refractivity contribution is -0.137. The van der Waals surface area contributed by atoms with E-state index in [1.165, 1.54) is 48.9 Å². The molecule has 2 fully saturated rings. The molecule has 34 heavy (non-hydrogen) atoms. The monoisotopic (exact) mass is 491 g/mol. The van der Waals surface area contributed by atoms with Crippen molar-refractivity contribution in [1.29, 1.82) is 0 Å². The average molecular weight is 492 g/mol. The average Bonchev–Trinajstić information content (AvgIpc) is 2.82. The number of nitrogens with zero attached hydrogens (tertiary/aromatic N) is 1. The highest BCUT2D eigenvalue weighted by molar-refractivity contribution is 7.99. The van der Waals surface area contributed by atoms with Crippen molar-refractivity contribution in [2.45, 2.75) is 54.5 Å². The number of benzene rings is 2. The van der Waals surface area contributed by atoms with Crippen LogP contribution < -0.4 is 0 Å². The van der Waals surface area contributed by atoms with Gasteiger partial charge in [-0.25, -0.2) is 4.39 Å². The van der Waals surface area contributed by atoms with Crippen molar-refractivity contribution < 1.29 is 22.7 Å². The predicted octanol–water partition coefficient (Wildman–Crippen LogP) is 7.01. The topological polar surface area (TPSA) is 23.5 Å². The summed E-state index contributed by atoms with van der Waals surface area (Å²) in [4.78, 5) is 3.94. The summed E-state index contributed by atoms with van der Waals surface area (Å²) >= 11 is 1.33. The zero-order valence-electron chi connectivity index (χ0n) is 19.0. The van der Waals surface area contributed by atoms with Crippen molar-refractivity contribution in [3.05, 3.63) is 64.5 Å². The van der Waals surface area contributed by atoms with Crippen LogP contribution in [0.1, 0.15) is 55.2 Å². The van der Waals surface area contributed by atoms with E-state index >= 15 is 0 Å². The van der Waals surface area contributed by atoms with Crippen LogP contribution in [0, 0.1) is 17.7 Å². The minimum Gasteiger partial charge on any atom is -0.396 e. The van der Waals surface area contributed by atoms with Crippen LogP contribution in [0.3, 0.4) is 0 Å². The van der Waals surface area contributed by atoms with Gasteiger partial charge in [0.05, 0.1) is 5.56 Å². The molecule has 7 heteroatoms. The molecule has 0 aromatic heterocycles. The zero-order chi connectivity index (χ0) is 23.9. The molecule has 0 spiro atoms. The van der Waals surface area contributed by atoms with Gasteiger partial charge < -0.3 is 10.0 Å². The molecule has 2 atom stereocenters. The van der Waals surface area contributed by atoms with Gasteiger partial charge in [-0.1, -0.05) is 36.2 Å². The van der Waals surface area contributed by atoms with Gasteiger partial charge in [-0.2, -0.15) is 13.2 Å². The van der Waals surface area contributed by atoms with Gasteiger partial charge in [0.25, 0.3) is 0 Å². The standard InChI is InChI=1S/C27H29F4NOS/c28-21-6-7-22-25(14-21)34-24-8-5-20(27(29,30)31)13-23(24)26(22)17-9-11-32(12-10-17)15-18-3-1-2-4-19(18)16-33/h5-8,13-14,18-19,33H,1-4,9-12,15-16H2/t18-,19+/m0/s1. The van der Waals surface area contributed by atoms with Crippen LogP contribution in [-0.2, 0) is 6.18 Å². The van der Waals surface area contributed by atoms with Crippen molar-refractivity contribution in [3.63, 3.8) is 0 Å². The van der Waals surface area contributed by atoms with E-state index < -0.39 is 11.7 Å². The predicted molar refractivity (Wildman–Crippen MR) is 126 cm³/mol. The first-order chi connectivity index (χ1) is 16.3. The van der Waals surface area contributed by atoms with Crippen LogP contribution in [0.5, 0.6) is 0 Å². The Morgan fingerprint density at radius 3 is 2.35 bits per heavy atom. The molecular formula is C27H29F4NOS. The number of piperidine rings is 1. The number of hydrogen-bond acceptors (Lipinski definition) is 3. The van der Waals surface area contributed by atoms with Gasteiger partial charge >= 0.3 is 6.18 Å². The molecular weight excluding hydrogens is 462 g/mol. The van der Waals surface area contributed by atoms with Gasteiger partial charge in [0.2, 0.25) is 0 Å². The quantitative estimate of drug-likeness (QED) is 0.399. The Balaban J connectivity index is 1.45. The number of aliphatic hydroxyl groups excluding tert-OH is 1. The minimum absolute atomic E-state index is 0.247. The Hall–Kier alpha value is -1.83. The summed E-state index contributed by atoms with van der Waals surface area (Å²) in [5, 5.41) is 9.75. The molecule has 182 valence electrons. The third-order valence-corrected chi connectivity index (χ3v) is 8.75. The van der Waals surface area contributed by atoms with Crippen LogP contribution in [0.4, 0.5) is 17.6 Å². The molecule has 5 rings (SSSR count). The number of alkyl halides is 3. The molecule has 1 saturated carbocycles. The van der Waals surface area contributed by atoms with Crippen LogP contribution in [-0.4, -0.2) is 36.2 Å². The number of fused-ring (bicyclic) bond motifs is 2. The second kappa shape index (κ2) is 9.67. The highest BCUT2D eigenvalue weighted by atomic mass is 32.2. The maximum Gasteiger partial charge on any atom is 0.416 e. The molecule has 2 heterocycles. The van der Waals surface area contributed by atoms with Crippen LogP contribution >= 0.6 is 11.8 Å². The van der Waals surface area contributed by atoms with E-state index in [4.69, 9.17) is 0 Å². The molecule has 1 aliphatic carbocycles. The molecule has 1 N–H and O–H groups in total. The molecule has 3 aliphatic rings. The lowest BCUT2D eigenvalue weighted by Gasteiger charge is -2.37. The molecule has 2 aromatic carbocycles. The van der Waals surface area contributed by atoms with E-state index in [1.54, 1.807) is 6.07 Å². The fraction of sp³-hybridized carbons (Fsp3) is 0.481. The maximum absolute atomic E-state index is 14.0. The zero-order valence-corrected chi connectivity index (χ0v) is 19.8. The largest absolute Gasteiger partial charge is 0.416 e. The van der Waals surface area contributed by atoms with Crippen molar-refractivity contribution >= 4 is 17.3 Å². The first-order valence-corrected chi connectivity index (χ1v) is 12.9. The Bertz CT molecular complexity index is 1090. The lowest BCUT2D eigenvalue weighted by Crippen LogP contribution is -2.39. The third-order valence-electron chi connectivity index (χ3n) is 7.62. The summed E-state index contributed by atoms with van der Waals surface area (Å²) in [6.07, 6.45) is 1.80. The Morgan fingerprint density at radius 1 is 0.912 bits per heavy atom. The molecule has 2 aromatic rings. The fourth-order valence-corrected chi connectivity index (χ4v) is 6.87. The second-order valence-electron chi connectivity index (χ2n) is 9.72. The van der Waals surface area contributed by atoms with Crippen LogP contribution in [0.2, 0.25) is 0 Å². The van der Waals surface area contributed by atoms with E-state index in [0.29, 0.717) is 17.4 Å². The Labute approximate surface area is 202 Å². The van der Waals surface area contributed by atoms with Crippen molar-refractivity contribution in [1.82, 2.24) is 4.90 Å². The highest BCUT2D eigenvalue weighted by Gasteiger charge is 2.34. The van der Waals surface area contributed by atoms with E-state index in [2.05, 4.69) is 4.90 Å². The third kappa shape index (κ3) is 4.79. The maximum atomic E-state index is 14.0. The van der Waals surface area contributed by atoms with Gasteiger partial charge in [0.15, 0.2) is 0 Å². The summed E-state index contributed by atoms with van der Waals surface area (Å²) in [5.41, 5.74) is 2.78. The smallest absolute Gasteiger partial charge is 0.396 e. The van der Waals surface area contributed by atoms with Gasteiger partial charge in [0.1, 0.15) is 5.82 Å². The number of likely N-dealkylation sites (tertiary alicyclic amines) is 1. The molecule has 0 unspecified atom stereocenters. The molecule has 0 amide bonds. The SMILES string of the molecule is OC[C@H]1CCCC[C@H]1CN1CCC(=C2c3ccc(F)cc3Sc3ccc(C(F)(F)F)cc32)CC1. The minimum atomic E-state index is -4.41. The summed E-state index contributed by atoms with van der Waals surface area (Å²) in [6, 6.07) is 8.48. The summed E-state index contributed by atoms with van der Waals surface area (Å²) in [6.45, 7) is 2.92. The molecule has 1 saturated heterocycles. The van der Waals surface area contributed by atoms with Crippen molar-refractivity contribution in [2.24, 2.45) is 11.8 Å². The first kappa shape index (κ1) is 23.9. The highest BCUT2D eigenvalue weighted by Crippen LogP contribution is 2.49. The molecule has 2 nitrogen and oxygen atoms in total. The van der Waals surface area contributed by atoms with E-state index in [-0.39, 0.29) is 12.4 Å². The van der Waals surface area contributed by atoms with E-state index in [1.807, 2.05) is 0 Å². The van der Waals surface area contributed by atoms with E-state index in [9.17, 15) is 22.7 Å².